The number of hydrogen-bond donors (Lipinski definition) is 1. The van der Waals surface area contributed by atoms with Gasteiger partial charge in [0.25, 0.3) is 11.8 Å². The smallest absolute Gasteiger partial charge is 0.267 e. The van der Waals surface area contributed by atoms with Crippen molar-refractivity contribution in [1.29, 1.82) is 0 Å². The third kappa shape index (κ3) is 2.01. The van der Waals surface area contributed by atoms with Crippen LogP contribution in [0, 0.1) is 0 Å². The van der Waals surface area contributed by atoms with Gasteiger partial charge in [-0.3, -0.25) is 9.59 Å². The van der Waals surface area contributed by atoms with Crippen LogP contribution >= 0.6 is 0 Å². The fourth-order valence-electron chi connectivity index (χ4n) is 2.25. The van der Waals surface area contributed by atoms with Gasteiger partial charge in [-0.1, -0.05) is 6.58 Å². The topological polar surface area (TPSA) is 81.2 Å². The normalized spacial score (nSPS) is 18.9. The summed E-state index contributed by atoms with van der Waals surface area (Å²) in [5.74, 6) is -0.635. The molecule has 6 heteroatoms. The Morgan fingerprint density at radius 3 is 2.89 bits per heavy atom. The minimum absolute atomic E-state index is 0.0957. The number of hydrogen-bond acceptors (Lipinski definition) is 3. The van der Waals surface area contributed by atoms with Crippen molar-refractivity contribution in [1.82, 2.24) is 14.5 Å². The maximum atomic E-state index is 12.0. The number of nitrogens with two attached hydrogens (primary N) is 1. The lowest BCUT2D eigenvalue weighted by Crippen LogP contribution is -2.35. The monoisotopic (exact) mass is 248 g/mol. The van der Waals surface area contributed by atoms with Gasteiger partial charge < -0.3 is 15.2 Å². The second-order valence-electron chi connectivity index (χ2n) is 4.45. The number of imidazole rings is 1. The van der Waals surface area contributed by atoms with Crippen LogP contribution in [-0.2, 0) is 4.79 Å². The molecular formula is C12H16N4O2. The van der Waals surface area contributed by atoms with Crippen molar-refractivity contribution in [3.05, 3.63) is 30.4 Å². The van der Waals surface area contributed by atoms with E-state index < -0.39 is 5.91 Å². The number of amides is 2. The SMILES string of the molecule is C=C(C)C(=O)N1CCCC1n1cncc1C(N)=O. The van der Waals surface area contributed by atoms with Crippen molar-refractivity contribution in [2.75, 3.05) is 6.54 Å². The van der Waals surface area contributed by atoms with E-state index in [1.54, 1.807) is 16.4 Å². The molecule has 2 heterocycles. The van der Waals surface area contributed by atoms with Gasteiger partial charge in [-0.25, -0.2) is 4.98 Å². The Morgan fingerprint density at radius 1 is 1.56 bits per heavy atom. The number of nitrogens with zero attached hydrogens (tertiary/aromatic N) is 3. The molecule has 1 aromatic heterocycles. The van der Waals surface area contributed by atoms with Crippen molar-refractivity contribution in [2.24, 2.45) is 5.73 Å². The van der Waals surface area contributed by atoms with Crippen LogP contribution in [0.5, 0.6) is 0 Å². The van der Waals surface area contributed by atoms with Crippen molar-refractivity contribution in [2.45, 2.75) is 25.9 Å². The number of rotatable bonds is 3. The molecule has 0 aliphatic carbocycles. The van der Waals surface area contributed by atoms with Gasteiger partial charge in [-0.15, -0.1) is 0 Å². The van der Waals surface area contributed by atoms with E-state index in [1.165, 1.54) is 12.5 Å². The molecule has 0 bridgehead atoms. The molecule has 2 N–H and O–H groups in total. The summed E-state index contributed by atoms with van der Waals surface area (Å²) in [6.45, 7) is 6.01. The van der Waals surface area contributed by atoms with Crippen LogP contribution in [0.4, 0.5) is 0 Å². The lowest BCUT2D eigenvalue weighted by Gasteiger charge is -2.26. The third-order valence-corrected chi connectivity index (χ3v) is 3.09. The first-order valence-corrected chi connectivity index (χ1v) is 5.80. The highest BCUT2D eigenvalue weighted by molar-refractivity contribution is 5.93. The van der Waals surface area contributed by atoms with Crippen LogP contribution in [-0.4, -0.2) is 32.8 Å². The van der Waals surface area contributed by atoms with E-state index in [-0.39, 0.29) is 12.1 Å². The summed E-state index contributed by atoms with van der Waals surface area (Å²) in [6.07, 6.45) is 4.44. The first-order chi connectivity index (χ1) is 8.52. The lowest BCUT2D eigenvalue weighted by atomic mass is 10.3. The van der Waals surface area contributed by atoms with Gasteiger partial charge in [0.2, 0.25) is 0 Å². The van der Waals surface area contributed by atoms with E-state index in [0.29, 0.717) is 17.8 Å². The average molecular weight is 248 g/mol. The van der Waals surface area contributed by atoms with Gasteiger partial charge in [0.1, 0.15) is 11.9 Å². The van der Waals surface area contributed by atoms with Crippen LogP contribution in [0.2, 0.25) is 0 Å². The van der Waals surface area contributed by atoms with Crippen molar-refractivity contribution < 1.29 is 9.59 Å². The molecule has 96 valence electrons. The molecule has 0 spiro atoms. The Bertz CT molecular complexity index is 506. The molecule has 2 rings (SSSR count). The Balaban J connectivity index is 2.32. The minimum atomic E-state index is -0.540. The zero-order valence-electron chi connectivity index (χ0n) is 10.3. The summed E-state index contributed by atoms with van der Waals surface area (Å²) < 4.78 is 1.66. The maximum absolute atomic E-state index is 12.0. The van der Waals surface area contributed by atoms with Gasteiger partial charge in [0.05, 0.1) is 12.5 Å². The Labute approximate surface area is 105 Å². The predicted octanol–water partition coefficient (Wildman–Crippen LogP) is 0.679. The molecule has 18 heavy (non-hydrogen) atoms. The number of primary amides is 1. The third-order valence-electron chi connectivity index (χ3n) is 3.09. The summed E-state index contributed by atoms with van der Waals surface area (Å²) in [5.41, 5.74) is 6.10. The molecule has 1 unspecified atom stereocenters. The summed E-state index contributed by atoms with van der Waals surface area (Å²) >= 11 is 0. The van der Waals surface area contributed by atoms with Crippen LogP contribution in [0.25, 0.3) is 0 Å². The second kappa shape index (κ2) is 4.64. The zero-order valence-corrected chi connectivity index (χ0v) is 10.3. The number of likely N-dealkylation sites (tertiary alicyclic amines) is 1. The van der Waals surface area contributed by atoms with E-state index in [9.17, 15) is 9.59 Å². The van der Waals surface area contributed by atoms with Crippen LogP contribution in [0.1, 0.15) is 36.4 Å². The highest BCUT2D eigenvalue weighted by Crippen LogP contribution is 2.29. The molecule has 1 aliphatic rings. The van der Waals surface area contributed by atoms with Gasteiger partial charge in [0.15, 0.2) is 0 Å². The molecule has 1 fully saturated rings. The fourth-order valence-corrected chi connectivity index (χ4v) is 2.25. The second-order valence-corrected chi connectivity index (χ2v) is 4.45. The predicted molar refractivity (Wildman–Crippen MR) is 65.5 cm³/mol. The number of carbonyl (C=O) groups excluding carboxylic acids is 2. The molecular weight excluding hydrogens is 232 g/mol. The molecule has 2 amide bonds. The van der Waals surface area contributed by atoms with Crippen molar-refractivity contribution in [3.8, 4) is 0 Å². The average Bonchev–Trinajstić information content (AvgIpc) is 2.95. The molecule has 1 atom stereocenters. The molecule has 0 radical (unpaired) electrons. The van der Waals surface area contributed by atoms with Crippen LogP contribution in [0.15, 0.2) is 24.7 Å². The summed E-state index contributed by atoms with van der Waals surface area (Å²) in [6, 6.07) is 0. The lowest BCUT2D eigenvalue weighted by molar-refractivity contribution is -0.129. The minimum Gasteiger partial charge on any atom is -0.364 e. The van der Waals surface area contributed by atoms with E-state index in [2.05, 4.69) is 11.6 Å². The first kappa shape index (κ1) is 12.3. The van der Waals surface area contributed by atoms with E-state index in [4.69, 9.17) is 5.73 Å². The number of aromatic nitrogens is 2. The maximum Gasteiger partial charge on any atom is 0.267 e. The fraction of sp³-hybridized carbons (Fsp3) is 0.417. The van der Waals surface area contributed by atoms with Gasteiger partial charge in [-0.05, 0) is 19.8 Å². The highest BCUT2D eigenvalue weighted by Gasteiger charge is 2.31. The van der Waals surface area contributed by atoms with Crippen LogP contribution in [0.3, 0.4) is 0 Å². The van der Waals surface area contributed by atoms with E-state index in [1.807, 2.05) is 0 Å². The molecule has 1 aromatic rings. The zero-order chi connectivity index (χ0) is 13.3. The highest BCUT2D eigenvalue weighted by atomic mass is 16.2. The molecule has 1 saturated heterocycles. The van der Waals surface area contributed by atoms with E-state index in [0.717, 1.165) is 12.8 Å². The van der Waals surface area contributed by atoms with Crippen molar-refractivity contribution in [3.63, 3.8) is 0 Å². The van der Waals surface area contributed by atoms with Gasteiger partial charge >= 0.3 is 0 Å². The quantitative estimate of drug-likeness (QED) is 0.798. The first-order valence-electron chi connectivity index (χ1n) is 5.80. The summed E-state index contributed by atoms with van der Waals surface area (Å²) in [7, 11) is 0. The van der Waals surface area contributed by atoms with Crippen LogP contribution < -0.4 is 5.73 Å². The number of carbonyl (C=O) groups is 2. The van der Waals surface area contributed by atoms with Gasteiger partial charge in [-0.2, -0.15) is 0 Å². The Kier molecular flexibility index (Phi) is 3.18. The Morgan fingerprint density at radius 2 is 2.28 bits per heavy atom. The molecule has 1 aliphatic heterocycles. The molecule has 0 aromatic carbocycles. The Hall–Kier alpha value is -2.11. The largest absolute Gasteiger partial charge is 0.364 e. The summed E-state index contributed by atoms with van der Waals surface area (Å²) in [4.78, 5) is 28.9. The van der Waals surface area contributed by atoms with E-state index >= 15 is 0 Å². The van der Waals surface area contributed by atoms with Crippen molar-refractivity contribution >= 4 is 11.8 Å². The molecule has 6 nitrogen and oxygen atoms in total. The molecule has 0 saturated carbocycles. The summed E-state index contributed by atoms with van der Waals surface area (Å²) in [5, 5.41) is 0. The standard InChI is InChI=1S/C12H16N4O2/c1-8(2)12(18)15-5-3-4-10(15)16-7-14-6-9(16)11(13)17/h6-7,10H,1,3-5H2,2H3,(H2,13,17). The van der Waals surface area contributed by atoms with Gasteiger partial charge in [0, 0.05) is 12.1 Å².